The maximum absolute atomic E-state index is 10.8. The summed E-state index contributed by atoms with van der Waals surface area (Å²) in [6, 6.07) is 0. The van der Waals surface area contributed by atoms with Gasteiger partial charge >= 0.3 is 5.97 Å². The van der Waals surface area contributed by atoms with Crippen molar-refractivity contribution in [3.63, 3.8) is 0 Å². The van der Waals surface area contributed by atoms with Gasteiger partial charge in [-0.1, -0.05) is 20.4 Å². The number of hydrogen-bond donors (Lipinski definition) is 0. The third kappa shape index (κ3) is 6.88. The van der Waals surface area contributed by atoms with Crippen molar-refractivity contribution in [3.05, 3.63) is 18.4 Å². The van der Waals surface area contributed by atoms with Crippen LogP contribution in [0.1, 0.15) is 20.3 Å². The van der Waals surface area contributed by atoms with Crippen LogP contribution < -0.4 is 0 Å². The molecule has 0 atom stereocenters. The zero-order valence-corrected chi connectivity index (χ0v) is 7.09. The van der Waals surface area contributed by atoms with Crippen molar-refractivity contribution in [2.45, 2.75) is 20.3 Å². The van der Waals surface area contributed by atoms with Crippen molar-refractivity contribution in [2.75, 3.05) is 6.61 Å². The Morgan fingerprint density at radius 2 is 2.36 bits per heavy atom. The molecule has 0 heterocycles. The second-order valence-electron chi connectivity index (χ2n) is 2.69. The van der Waals surface area contributed by atoms with Crippen LogP contribution in [0.2, 0.25) is 0 Å². The first-order chi connectivity index (χ1) is 5.16. The fraction of sp³-hybridized carbons (Fsp3) is 0.556. The molecule has 0 spiro atoms. The Bertz CT molecular complexity index is 164. The topological polar surface area (TPSA) is 26.3 Å². The van der Waals surface area contributed by atoms with Crippen molar-refractivity contribution >= 4 is 5.97 Å². The van der Waals surface area contributed by atoms with Crippen LogP contribution >= 0.6 is 0 Å². The third-order valence-corrected chi connectivity index (χ3v) is 1.05. The monoisotopic (exact) mass is 154 g/mol. The van der Waals surface area contributed by atoms with Gasteiger partial charge in [0.2, 0.25) is 0 Å². The molecule has 0 rings (SSSR count). The third-order valence-electron chi connectivity index (χ3n) is 1.05. The molecule has 0 saturated carbocycles. The second-order valence-corrected chi connectivity index (χ2v) is 2.69. The smallest absolute Gasteiger partial charge is 0.306 e. The van der Waals surface area contributed by atoms with E-state index in [-0.39, 0.29) is 12.6 Å². The van der Waals surface area contributed by atoms with Gasteiger partial charge in [-0.25, -0.2) is 0 Å². The quantitative estimate of drug-likeness (QED) is 0.456. The first kappa shape index (κ1) is 9.99. The van der Waals surface area contributed by atoms with E-state index in [1.807, 2.05) is 13.8 Å². The summed E-state index contributed by atoms with van der Waals surface area (Å²) in [7, 11) is 0. The number of carbonyl (C=O) groups is 1. The van der Waals surface area contributed by atoms with E-state index in [2.05, 4.69) is 12.3 Å². The average Bonchev–Trinajstić information content (AvgIpc) is 1.86. The molecule has 0 N–H and O–H groups in total. The number of ether oxygens (including phenoxy) is 1. The molecule has 0 saturated heterocycles. The summed E-state index contributed by atoms with van der Waals surface area (Å²) in [6.07, 6.45) is 2.06. The number of hydrogen-bond acceptors (Lipinski definition) is 2. The minimum absolute atomic E-state index is 0.161. The molecule has 0 fully saturated rings. The normalized spacial score (nSPS) is 9.00. The first-order valence-corrected chi connectivity index (χ1v) is 3.66. The molecule has 0 aliphatic heterocycles. The molecule has 0 aromatic carbocycles. The predicted octanol–water partition coefficient (Wildman–Crippen LogP) is 1.92. The molecule has 0 aromatic rings. The molecule has 62 valence electrons. The SMILES string of the molecule is C=C=CCOC(=O)CC(C)C. The molecule has 0 aliphatic carbocycles. The lowest BCUT2D eigenvalue weighted by Crippen LogP contribution is -2.07. The Balaban J connectivity index is 3.45. The Kier molecular flexibility index (Phi) is 5.22. The van der Waals surface area contributed by atoms with E-state index in [4.69, 9.17) is 4.74 Å². The Hall–Kier alpha value is -1.01. The van der Waals surface area contributed by atoms with E-state index in [1.165, 1.54) is 0 Å². The Morgan fingerprint density at radius 1 is 1.73 bits per heavy atom. The van der Waals surface area contributed by atoms with Crippen LogP contribution in [0.4, 0.5) is 0 Å². The molecule has 0 amide bonds. The zero-order valence-electron chi connectivity index (χ0n) is 7.09. The number of esters is 1. The van der Waals surface area contributed by atoms with Gasteiger partial charge in [0.05, 0.1) is 0 Å². The summed E-state index contributed by atoms with van der Waals surface area (Å²) in [5.74, 6) is 0.196. The summed E-state index contributed by atoms with van der Waals surface area (Å²) in [5, 5.41) is 0. The van der Waals surface area contributed by atoms with E-state index in [0.717, 1.165) is 0 Å². The summed E-state index contributed by atoms with van der Waals surface area (Å²) in [4.78, 5) is 10.8. The van der Waals surface area contributed by atoms with Crippen LogP contribution in [0.15, 0.2) is 18.4 Å². The van der Waals surface area contributed by atoms with Crippen LogP contribution in [0, 0.1) is 5.92 Å². The lowest BCUT2D eigenvalue weighted by atomic mass is 10.1. The fourth-order valence-corrected chi connectivity index (χ4v) is 0.586. The number of rotatable bonds is 4. The second kappa shape index (κ2) is 5.75. The summed E-state index contributed by atoms with van der Waals surface area (Å²) < 4.78 is 4.80. The molecule has 0 radical (unpaired) electrons. The van der Waals surface area contributed by atoms with Crippen molar-refractivity contribution < 1.29 is 9.53 Å². The highest BCUT2D eigenvalue weighted by atomic mass is 16.5. The fourth-order valence-electron chi connectivity index (χ4n) is 0.586. The Labute approximate surface area is 67.6 Å². The molecule has 0 aromatic heterocycles. The van der Waals surface area contributed by atoms with Crippen LogP contribution in [-0.2, 0) is 9.53 Å². The highest BCUT2D eigenvalue weighted by Crippen LogP contribution is 2.00. The predicted molar refractivity (Wildman–Crippen MR) is 44.1 cm³/mol. The van der Waals surface area contributed by atoms with E-state index in [0.29, 0.717) is 12.3 Å². The molecule has 0 aliphatic rings. The minimum Gasteiger partial charge on any atom is -0.461 e. The van der Waals surface area contributed by atoms with Gasteiger partial charge in [0.1, 0.15) is 6.61 Å². The van der Waals surface area contributed by atoms with Crippen LogP contribution in [0.5, 0.6) is 0 Å². The van der Waals surface area contributed by atoms with E-state index in [9.17, 15) is 4.79 Å². The molecule has 0 bridgehead atoms. The van der Waals surface area contributed by atoms with Crippen molar-refractivity contribution in [2.24, 2.45) is 5.92 Å². The van der Waals surface area contributed by atoms with Crippen molar-refractivity contribution in [1.82, 2.24) is 0 Å². The van der Waals surface area contributed by atoms with Crippen molar-refractivity contribution in [3.8, 4) is 0 Å². The molecular weight excluding hydrogens is 140 g/mol. The largest absolute Gasteiger partial charge is 0.461 e. The van der Waals surface area contributed by atoms with Gasteiger partial charge in [0.15, 0.2) is 0 Å². The molecule has 11 heavy (non-hydrogen) atoms. The summed E-state index contributed by atoms with van der Waals surface area (Å²) in [5.41, 5.74) is 2.52. The average molecular weight is 154 g/mol. The van der Waals surface area contributed by atoms with Gasteiger partial charge in [-0.2, -0.15) is 0 Å². The van der Waals surface area contributed by atoms with E-state index in [1.54, 1.807) is 6.08 Å². The standard InChI is InChI=1S/C9H14O2/c1-4-5-6-11-9(10)7-8(2)3/h5,8H,1,6-7H2,2-3H3. The van der Waals surface area contributed by atoms with Gasteiger partial charge in [-0.3, -0.25) is 4.79 Å². The first-order valence-electron chi connectivity index (χ1n) is 3.66. The molecule has 2 nitrogen and oxygen atoms in total. The summed E-state index contributed by atoms with van der Waals surface area (Å²) >= 11 is 0. The Morgan fingerprint density at radius 3 is 2.82 bits per heavy atom. The lowest BCUT2D eigenvalue weighted by Gasteiger charge is -2.02. The van der Waals surface area contributed by atoms with Crippen LogP contribution in [0.3, 0.4) is 0 Å². The highest BCUT2D eigenvalue weighted by molar-refractivity contribution is 5.69. The zero-order chi connectivity index (χ0) is 8.69. The summed E-state index contributed by atoms with van der Waals surface area (Å²) in [6.45, 7) is 7.59. The van der Waals surface area contributed by atoms with E-state index >= 15 is 0 Å². The van der Waals surface area contributed by atoms with Gasteiger partial charge in [-0.05, 0) is 12.0 Å². The van der Waals surface area contributed by atoms with Crippen LogP contribution in [0.25, 0.3) is 0 Å². The highest BCUT2D eigenvalue weighted by Gasteiger charge is 2.03. The maximum Gasteiger partial charge on any atom is 0.306 e. The molecular formula is C9H14O2. The van der Waals surface area contributed by atoms with Gasteiger partial charge in [0, 0.05) is 6.42 Å². The molecule has 2 heteroatoms. The molecule has 0 unspecified atom stereocenters. The maximum atomic E-state index is 10.8. The number of carbonyl (C=O) groups excluding carboxylic acids is 1. The lowest BCUT2D eigenvalue weighted by molar-refractivity contribution is -0.143. The van der Waals surface area contributed by atoms with Gasteiger partial charge in [-0.15, -0.1) is 5.73 Å². The van der Waals surface area contributed by atoms with Gasteiger partial charge < -0.3 is 4.74 Å². The van der Waals surface area contributed by atoms with E-state index < -0.39 is 0 Å². The minimum atomic E-state index is -0.161. The van der Waals surface area contributed by atoms with Crippen molar-refractivity contribution in [1.29, 1.82) is 0 Å². The van der Waals surface area contributed by atoms with Crippen LogP contribution in [-0.4, -0.2) is 12.6 Å². The van der Waals surface area contributed by atoms with Gasteiger partial charge in [0.25, 0.3) is 0 Å².